The summed E-state index contributed by atoms with van der Waals surface area (Å²) in [6, 6.07) is 5.53. The molecule has 3 N–H and O–H groups in total. The summed E-state index contributed by atoms with van der Waals surface area (Å²) in [5.74, 6) is 0. The Balaban J connectivity index is 2.34. The lowest BCUT2D eigenvalue weighted by Crippen LogP contribution is -1.98. The Morgan fingerprint density at radius 1 is 1.41 bits per heavy atom. The lowest BCUT2D eigenvalue weighted by Gasteiger charge is -2.09. The van der Waals surface area contributed by atoms with Crippen molar-refractivity contribution in [1.29, 1.82) is 0 Å². The number of hydrogen-bond acceptors (Lipinski definition) is 3. The number of halogens is 1. The molecule has 1 aromatic carbocycles. The molecule has 90 valence electrons. The van der Waals surface area contributed by atoms with Gasteiger partial charge in [0.1, 0.15) is 0 Å². The minimum atomic E-state index is 0.553. The van der Waals surface area contributed by atoms with Crippen LogP contribution in [0.25, 0.3) is 0 Å². The van der Waals surface area contributed by atoms with Gasteiger partial charge in [-0.2, -0.15) is 5.10 Å². The zero-order valence-electron chi connectivity index (χ0n) is 9.87. The molecule has 0 aliphatic carbocycles. The van der Waals surface area contributed by atoms with Crippen molar-refractivity contribution >= 4 is 28.7 Å². The van der Waals surface area contributed by atoms with Gasteiger partial charge in [0, 0.05) is 13.2 Å². The highest BCUT2D eigenvalue weighted by Crippen LogP contribution is 2.30. The van der Waals surface area contributed by atoms with Crippen molar-refractivity contribution in [3.63, 3.8) is 0 Å². The second-order valence-corrected chi connectivity index (χ2v) is 4.25. The van der Waals surface area contributed by atoms with Crippen LogP contribution < -0.4 is 11.1 Å². The number of aryl methyl sites for hydroxylation is 2. The van der Waals surface area contributed by atoms with E-state index in [9.17, 15) is 0 Å². The maximum Gasteiger partial charge on any atom is 0.0856 e. The molecular weight excluding hydrogens is 236 g/mol. The molecule has 0 bridgehead atoms. The Bertz CT molecular complexity index is 533. The number of rotatable bonds is 3. The molecule has 2 aromatic rings. The Hall–Kier alpha value is -1.68. The molecule has 0 atom stereocenters. The second kappa shape index (κ2) is 4.67. The number of nitrogens with two attached hydrogens (primary N) is 1. The van der Waals surface area contributed by atoms with Crippen LogP contribution in [0.2, 0.25) is 5.02 Å². The molecule has 0 spiro atoms. The van der Waals surface area contributed by atoms with Crippen molar-refractivity contribution in [2.24, 2.45) is 7.05 Å². The highest BCUT2D eigenvalue weighted by Gasteiger charge is 2.08. The predicted octanol–water partition coefficient (Wildman–Crippen LogP) is 2.96. The van der Waals surface area contributed by atoms with Gasteiger partial charge in [-0.15, -0.1) is 0 Å². The lowest BCUT2D eigenvalue weighted by atomic mass is 10.2. The fraction of sp³-hybridized carbons (Fsp3) is 0.250. The minimum Gasteiger partial charge on any atom is -0.396 e. The van der Waals surface area contributed by atoms with Crippen LogP contribution in [0.1, 0.15) is 12.6 Å². The third-order valence-corrected chi connectivity index (χ3v) is 2.89. The van der Waals surface area contributed by atoms with Crippen molar-refractivity contribution < 1.29 is 0 Å². The van der Waals surface area contributed by atoms with Crippen LogP contribution in [-0.4, -0.2) is 9.78 Å². The summed E-state index contributed by atoms with van der Waals surface area (Å²) in [5, 5.41) is 8.17. The van der Waals surface area contributed by atoms with Gasteiger partial charge in [0.05, 0.1) is 27.8 Å². The molecule has 0 saturated heterocycles. The molecule has 5 heteroatoms. The van der Waals surface area contributed by atoms with Crippen molar-refractivity contribution in [1.82, 2.24) is 9.78 Å². The first-order valence-electron chi connectivity index (χ1n) is 5.45. The quantitative estimate of drug-likeness (QED) is 0.824. The minimum absolute atomic E-state index is 0.553. The second-order valence-electron chi connectivity index (χ2n) is 3.84. The fourth-order valence-corrected chi connectivity index (χ4v) is 1.87. The molecule has 4 nitrogen and oxygen atoms in total. The number of nitrogens with zero attached hydrogens (tertiary/aromatic N) is 2. The monoisotopic (exact) mass is 250 g/mol. The summed E-state index contributed by atoms with van der Waals surface area (Å²) >= 11 is 5.97. The Kier molecular flexibility index (Phi) is 3.24. The average molecular weight is 251 g/mol. The van der Waals surface area contributed by atoms with E-state index in [1.165, 1.54) is 0 Å². The van der Waals surface area contributed by atoms with E-state index in [0.717, 1.165) is 23.5 Å². The number of benzene rings is 1. The van der Waals surface area contributed by atoms with E-state index in [1.807, 2.05) is 25.4 Å². The Morgan fingerprint density at radius 2 is 2.18 bits per heavy atom. The van der Waals surface area contributed by atoms with Gasteiger partial charge >= 0.3 is 0 Å². The van der Waals surface area contributed by atoms with Gasteiger partial charge in [-0.25, -0.2) is 0 Å². The van der Waals surface area contributed by atoms with E-state index < -0.39 is 0 Å². The van der Waals surface area contributed by atoms with E-state index in [4.69, 9.17) is 17.3 Å². The first-order chi connectivity index (χ1) is 8.11. The molecule has 0 radical (unpaired) electrons. The SMILES string of the molecule is CCc1nn(C)cc1Nc1cccc(Cl)c1N. The molecule has 0 aliphatic heterocycles. The highest BCUT2D eigenvalue weighted by atomic mass is 35.5. The smallest absolute Gasteiger partial charge is 0.0856 e. The molecule has 0 saturated carbocycles. The van der Waals surface area contributed by atoms with Gasteiger partial charge in [0.25, 0.3) is 0 Å². The van der Waals surface area contributed by atoms with Crippen molar-refractivity contribution in [2.45, 2.75) is 13.3 Å². The van der Waals surface area contributed by atoms with E-state index in [2.05, 4.69) is 17.3 Å². The summed E-state index contributed by atoms with van der Waals surface area (Å²) in [6.45, 7) is 2.06. The van der Waals surface area contributed by atoms with Gasteiger partial charge in [0.2, 0.25) is 0 Å². The van der Waals surface area contributed by atoms with Gasteiger partial charge in [-0.1, -0.05) is 24.6 Å². The van der Waals surface area contributed by atoms with Gasteiger partial charge in [-0.05, 0) is 18.6 Å². The van der Waals surface area contributed by atoms with E-state index in [1.54, 1.807) is 10.7 Å². The molecule has 17 heavy (non-hydrogen) atoms. The average Bonchev–Trinajstić information content (AvgIpc) is 2.65. The van der Waals surface area contributed by atoms with Crippen LogP contribution in [0.15, 0.2) is 24.4 Å². The van der Waals surface area contributed by atoms with E-state index in [-0.39, 0.29) is 0 Å². The lowest BCUT2D eigenvalue weighted by molar-refractivity contribution is 0.746. The summed E-state index contributed by atoms with van der Waals surface area (Å²) in [4.78, 5) is 0. The largest absolute Gasteiger partial charge is 0.396 e. The zero-order valence-corrected chi connectivity index (χ0v) is 10.6. The Morgan fingerprint density at radius 3 is 2.88 bits per heavy atom. The highest BCUT2D eigenvalue weighted by molar-refractivity contribution is 6.33. The third kappa shape index (κ3) is 2.36. The number of nitrogens with one attached hydrogen (secondary N) is 1. The number of anilines is 3. The zero-order chi connectivity index (χ0) is 12.4. The van der Waals surface area contributed by atoms with Crippen LogP contribution in [0.3, 0.4) is 0 Å². The standard InChI is InChI=1S/C12H15ClN4/c1-3-9-11(7-17(2)16-9)15-10-6-4-5-8(13)12(10)14/h4-7,15H,3,14H2,1-2H3. The van der Waals surface area contributed by atoms with Crippen molar-refractivity contribution in [2.75, 3.05) is 11.1 Å². The summed E-state index contributed by atoms with van der Waals surface area (Å²) < 4.78 is 1.78. The Labute approximate surface area is 105 Å². The molecule has 0 aliphatic rings. The van der Waals surface area contributed by atoms with E-state index in [0.29, 0.717) is 10.7 Å². The van der Waals surface area contributed by atoms with E-state index >= 15 is 0 Å². The third-order valence-electron chi connectivity index (χ3n) is 2.56. The molecule has 1 heterocycles. The van der Waals surface area contributed by atoms with Crippen LogP contribution in [0.4, 0.5) is 17.1 Å². The van der Waals surface area contributed by atoms with Crippen molar-refractivity contribution in [3.8, 4) is 0 Å². The topological polar surface area (TPSA) is 55.9 Å². The summed E-state index contributed by atoms with van der Waals surface area (Å²) in [7, 11) is 1.89. The van der Waals surface area contributed by atoms with Crippen LogP contribution in [0.5, 0.6) is 0 Å². The van der Waals surface area contributed by atoms with Crippen LogP contribution in [-0.2, 0) is 13.5 Å². The van der Waals surface area contributed by atoms with Crippen molar-refractivity contribution in [3.05, 3.63) is 35.1 Å². The number of hydrogen-bond donors (Lipinski definition) is 2. The molecule has 2 rings (SSSR count). The molecular formula is C12H15ClN4. The number of aromatic nitrogens is 2. The summed E-state index contributed by atoms with van der Waals surface area (Å²) in [6.07, 6.45) is 2.79. The first-order valence-corrected chi connectivity index (χ1v) is 5.83. The maximum atomic E-state index is 5.97. The molecule has 0 amide bonds. The molecule has 0 unspecified atom stereocenters. The normalized spacial score (nSPS) is 10.5. The first kappa shape index (κ1) is 11.8. The fourth-order valence-electron chi connectivity index (χ4n) is 1.69. The summed E-state index contributed by atoms with van der Waals surface area (Å²) in [5.41, 5.74) is 9.24. The maximum absolute atomic E-state index is 5.97. The van der Waals surface area contributed by atoms with Gasteiger partial charge < -0.3 is 11.1 Å². The van der Waals surface area contributed by atoms with Gasteiger partial charge in [0.15, 0.2) is 0 Å². The van der Waals surface area contributed by atoms with Gasteiger partial charge in [-0.3, -0.25) is 4.68 Å². The molecule has 1 aromatic heterocycles. The molecule has 0 fully saturated rings. The number of nitrogen functional groups attached to an aromatic ring is 1. The van der Waals surface area contributed by atoms with Crippen LogP contribution in [0, 0.1) is 0 Å². The number of para-hydroxylation sites is 1. The van der Waals surface area contributed by atoms with Crippen LogP contribution >= 0.6 is 11.6 Å². The predicted molar refractivity (Wildman–Crippen MR) is 71.7 cm³/mol.